The first-order valence-electron chi connectivity index (χ1n) is 10.8. The zero-order valence-electron chi connectivity index (χ0n) is 18.2. The fourth-order valence-corrected chi connectivity index (χ4v) is 6.33. The molecule has 162 valence electrons. The third-order valence-electron chi connectivity index (χ3n) is 5.75. The van der Waals surface area contributed by atoms with Crippen molar-refractivity contribution < 1.29 is 0 Å². The Morgan fingerprint density at radius 1 is 1.27 bits per heavy atom. The van der Waals surface area contributed by atoms with E-state index < -0.39 is 0 Å². The number of hydrogen-bond acceptors (Lipinski definition) is 7. The van der Waals surface area contributed by atoms with E-state index >= 15 is 0 Å². The van der Waals surface area contributed by atoms with Crippen LogP contribution in [-0.2, 0) is 25.1 Å². The summed E-state index contributed by atoms with van der Waals surface area (Å²) in [5.74, 6) is 2.31. The van der Waals surface area contributed by atoms with Gasteiger partial charge in [-0.3, -0.25) is 9.69 Å². The predicted octanol–water partition coefficient (Wildman–Crippen LogP) is 4.17. The lowest BCUT2D eigenvalue weighted by Gasteiger charge is -2.23. The maximum Gasteiger partial charge on any atom is 0.259 e. The van der Waals surface area contributed by atoms with Crippen LogP contribution in [0.4, 0.5) is 0 Å². The van der Waals surface area contributed by atoms with Crippen molar-refractivity contribution in [2.75, 3.05) is 14.1 Å². The molecule has 0 saturated carbocycles. The first kappa shape index (κ1) is 21.5. The van der Waals surface area contributed by atoms with E-state index in [2.05, 4.69) is 52.6 Å². The Bertz CT molecular complexity index is 1080. The number of thioether (sulfide) groups is 1. The van der Waals surface area contributed by atoms with Gasteiger partial charge in [0.05, 0.1) is 17.2 Å². The molecule has 7 nitrogen and oxygen atoms in total. The van der Waals surface area contributed by atoms with Gasteiger partial charge in [-0.1, -0.05) is 32.0 Å². The normalized spacial score (nSPS) is 14.7. The van der Waals surface area contributed by atoms with Crippen molar-refractivity contribution in [1.82, 2.24) is 29.6 Å². The summed E-state index contributed by atoms with van der Waals surface area (Å²) in [6, 6.07) is 0.242. The van der Waals surface area contributed by atoms with Gasteiger partial charge in [-0.25, -0.2) is 4.98 Å². The van der Waals surface area contributed by atoms with E-state index in [1.54, 1.807) is 23.1 Å². The average Bonchev–Trinajstić information content (AvgIpc) is 3.39. The van der Waals surface area contributed by atoms with Crippen LogP contribution in [0.5, 0.6) is 0 Å². The van der Waals surface area contributed by atoms with E-state index in [1.165, 1.54) is 10.4 Å². The van der Waals surface area contributed by atoms with E-state index in [0.29, 0.717) is 11.6 Å². The van der Waals surface area contributed by atoms with Gasteiger partial charge in [0.1, 0.15) is 10.7 Å². The third kappa shape index (κ3) is 4.07. The molecule has 1 N–H and O–H groups in total. The van der Waals surface area contributed by atoms with Gasteiger partial charge in [0.15, 0.2) is 11.0 Å². The SMILES string of the molecule is CCCCn1c(SCc2nc3sc4c(c3c(=O)[nH]2)CCC4)nnc1C(CC)N(C)C. The number of unbranched alkanes of at least 4 members (excludes halogenated alkanes) is 1. The number of H-pyrrole nitrogens is 1. The summed E-state index contributed by atoms with van der Waals surface area (Å²) >= 11 is 3.29. The monoisotopic (exact) mass is 446 g/mol. The Morgan fingerprint density at radius 3 is 2.83 bits per heavy atom. The molecule has 3 aromatic rings. The van der Waals surface area contributed by atoms with Gasteiger partial charge in [-0.2, -0.15) is 0 Å². The van der Waals surface area contributed by atoms with Crippen LogP contribution < -0.4 is 5.56 Å². The molecule has 4 rings (SSSR count). The van der Waals surface area contributed by atoms with Crippen LogP contribution in [-0.4, -0.2) is 43.7 Å². The molecule has 0 radical (unpaired) electrons. The van der Waals surface area contributed by atoms with Crippen LogP contribution >= 0.6 is 23.1 Å². The molecule has 0 aromatic carbocycles. The van der Waals surface area contributed by atoms with Crippen molar-refractivity contribution in [1.29, 1.82) is 0 Å². The van der Waals surface area contributed by atoms with Crippen LogP contribution in [0.1, 0.15) is 67.7 Å². The summed E-state index contributed by atoms with van der Waals surface area (Å²) in [6.45, 7) is 5.28. The van der Waals surface area contributed by atoms with Crippen molar-refractivity contribution in [3.8, 4) is 0 Å². The van der Waals surface area contributed by atoms with Crippen molar-refractivity contribution >= 4 is 33.3 Å². The highest BCUT2D eigenvalue weighted by Crippen LogP contribution is 2.35. The molecule has 0 fully saturated rings. The second-order valence-corrected chi connectivity index (χ2v) is 10.1. The first-order chi connectivity index (χ1) is 14.5. The molecule has 3 aromatic heterocycles. The van der Waals surface area contributed by atoms with Gasteiger partial charge in [0, 0.05) is 11.4 Å². The maximum atomic E-state index is 12.7. The fourth-order valence-electron chi connectivity index (χ4n) is 4.21. The van der Waals surface area contributed by atoms with Gasteiger partial charge >= 0.3 is 0 Å². The Labute approximate surface area is 185 Å². The van der Waals surface area contributed by atoms with Gasteiger partial charge in [0.2, 0.25) is 0 Å². The smallest absolute Gasteiger partial charge is 0.259 e. The minimum Gasteiger partial charge on any atom is -0.309 e. The van der Waals surface area contributed by atoms with Gasteiger partial charge in [0.25, 0.3) is 5.56 Å². The minimum absolute atomic E-state index is 0.00166. The number of fused-ring (bicyclic) bond motifs is 3. The number of aromatic amines is 1. The molecule has 0 saturated heterocycles. The first-order valence-corrected chi connectivity index (χ1v) is 12.6. The highest BCUT2D eigenvalue weighted by atomic mass is 32.2. The summed E-state index contributed by atoms with van der Waals surface area (Å²) in [4.78, 5) is 24.9. The Hall–Kier alpha value is -1.71. The lowest BCUT2D eigenvalue weighted by atomic mass is 10.2. The fraction of sp³-hybridized carbons (Fsp3) is 0.619. The van der Waals surface area contributed by atoms with Crippen molar-refractivity contribution in [2.24, 2.45) is 0 Å². The Morgan fingerprint density at radius 2 is 2.10 bits per heavy atom. The molecule has 1 unspecified atom stereocenters. The van der Waals surface area contributed by atoms with Crippen molar-refractivity contribution in [3.63, 3.8) is 0 Å². The molecule has 1 aliphatic carbocycles. The molecule has 1 atom stereocenters. The van der Waals surface area contributed by atoms with Gasteiger partial charge in [-0.15, -0.1) is 21.5 Å². The van der Waals surface area contributed by atoms with Crippen molar-refractivity contribution in [2.45, 2.75) is 75.9 Å². The number of thiophene rings is 1. The summed E-state index contributed by atoms with van der Waals surface area (Å²) in [7, 11) is 4.17. The molecule has 1 aliphatic rings. The summed E-state index contributed by atoms with van der Waals surface area (Å²) in [5, 5.41) is 10.7. The zero-order valence-corrected chi connectivity index (χ0v) is 19.8. The largest absolute Gasteiger partial charge is 0.309 e. The van der Waals surface area contributed by atoms with Gasteiger partial charge < -0.3 is 9.55 Å². The van der Waals surface area contributed by atoms with E-state index in [9.17, 15) is 4.79 Å². The summed E-state index contributed by atoms with van der Waals surface area (Å²) < 4.78 is 2.25. The van der Waals surface area contributed by atoms with E-state index in [1.807, 2.05) is 0 Å². The topological polar surface area (TPSA) is 79.7 Å². The van der Waals surface area contributed by atoms with E-state index in [-0.39, 0.29) is 11.6 Å². The molecule has 30 heavy (non-hydrogen) atoms. The minimum atomic E-state index is 0.00166. The van der Waals surface area contributed by atoms with Gasteiger partial charge in [-0.05, 0) is 51.8 Å². The van der Waals surface area contributed by atoms with Crippen LogP contribution in [0.2, 0.25) is 0 Å². The average molecular weight is 447 g/mol. The summed E-state index contributed by atoms with van der Waals surface area (Å²) in [6.07, 6.45) is 6.42. The van der Waals surface area contributed by atoms with Crippen LogP contribution in [0.25, 0.3) is 10.2 Å². The second-order valence-electron chi connectivity index (χ2n) is 8.07. The van der Waals surface area contributed by atoms with Crippen LogP contribution in [0.15, 0.2) is 9.95 Å². The van der Waals surface area contributed by atoms with E-state index in [0.717, 1.165) is 66.3 Å². The number of aromatic nitrogens is 5. The number of hydrogen-bond donors (Lipinski definition) is 1. The van der Waals surface area contributed by atoms with Crippen molar-refractivity contribution in [3.05, 3.63) is 32.4 Å². The molecule has 0 spiro atoms. The number of aryl methyl sites for hydroxylation is 2. The number of nitrogens with zero attached hydrogens (tertiary/aromatic N) is 5. The number of rotatable bonds is 9. The Kier molecular flexibility index (Phi) is 6.60. The third-order valence-corrected chi connectivity index (χ3v) is 7.91. The Balaban J connectivity index is 1.59. The molecule has 3 heterocycles. The zero-order chi connectivity index (χ0) is 21.3. The van der Waals surface area contributed by atoms with E-state index in [4.69, 9.17) is 4.98 Å². The van der Waals surface area contributed by atoms with Crippen LogP contribution in [0, 0.1) is 0 Å². The molecule has 0 amide bonds. The van der Waals surface area contributed by atoms with Crippen LogP contribution in [0.3, 0.4) is 0 Å². The lowest BCUT2D eigenvalue weighted by molar-refractivity contribution is 0.270. The molecular weight excluding hydrogens is 416 g/mol. The highest BCUT2D eigenvalue weighted by Gasteiger charge is 2.23. The predicted molar refractivity (Wildman–Crippen MR) is 123 cm³/mol. The highest BCUT2D eigenvalue weighted by molar-refractivity contribution is 7.98. The summed E-state index contributed by atoms with van der Waals surface area (Å²) in [5.41, 5.74) is 1.22. The molecule has 0 aliphatic heterocycles. The molecule has 9 heteroatoms. The molecule has 0 bridgehead atoms. The molecular formula is C21H30N6OS2. The lowest BCUT2D eigenvalue weighted by Crippen LogP contribution is -2.23. The second kappa shape index (κ2) is 9.20. The number of nitrogens with one attached hydrogen (secondary N) is 1. The quantitative estimate of drug-likeness (QED) is 0.497. The standard InChI is InChI=1S/C21H30N6OS2/c1-5-7-11-27-18(14(6-2)26(3)4)24-25-21(27)29-12-16-22-19(28)17-13-9-8-10-15(13)30-20(17)23-16/h14H,5-12H2,1-4H3,(H,22,23,28). The maximum absolute atomic E-state index is 12.7.